The van der Waals surface area contributed by atoms with Gasteiger partial charge in [-0.2, -0.15) is 0 Å². The summed E-state index contributed by atoms with van der Waals surface area (Å²) in [6.45, 7) is 0. The molecule has 0 aliphatic carbocycles. The zero-order valence-corrected chi connectivity index (χ0v) is 9.65. The minimum Gasteiger partial charge on any atom is -0.287 e. The molecule has 0 radical (unpaired) electrons. The fourth-order valence-corrected chi connectivity index (χ4v) is 2.30. The molecule has 2 heterocycles. The first-order valence-electron chi connectivity index (χ1n) is 5.13. The van der Waals surface area contributed by atoms with Crippen molar-refractivity contribution in [2.24, 2.45) is 0 Å². The lowest BCUT2D eigenvalue weighted by Crippen LogP contribution is -2.02. The van der Waals surface area contributed by atoms with E-state index in [0.29, 0.717) is 11.3 Å². The number of benzene rings is 1. The molecule has 2 aromatic heterocycles. The molecule has 0 unspecified atom stereocenters. The second kappa shape index (κ2) is 4.07. The van der Waals surface area contributed by atoms with Gasteiger partial charge < -0.3 is 0 Å². The van der Waals surface area contributed by atoms with Crippen molar-refractivity contribution in [3.05, 3.63) is 58.7 Å². The molecule has 0 aliphatic heterocycles. The summed E-state index contributed by atoms with van der Waals surface area (Å²) in [6.07, 6.45) is 1.72. The molecule has 4 heteroatoms. The predicted octanol–water partition coefficient (Wildman–Crippen LogP) is 2.92. The Kier molecular flexibility index (Phi) is 2.42. The number of hydrogen-bond acceptors (Lipinski definition) is 4. The van der Waals surface area contributed by atoms with Crippen molar-refractivity contribution in [1.82, 2.24) is 9.97 Å². The van der Waals surface area contributed by atoms with Crippen LogP contribution in [0.4, 0.5) is 0 Å². The molecule has 82 valence electrons. The van der Waals surface area contributed by atoms with Gasteiger partial charge in [0.1, 0.15) is 5.69 Å². The van der Waals surface area contributed by atoms with E-state index in [0.717, 1.165) is 10.9 Å². The van der Waals surface area contributed by atoms with Crippen LogP contribution >= 0.6 is 11.3 Å². The average Bonchev–Trinajstić information content (AvgIpc) is 2.91. The first kappa shape index (κ1) is 10.1. The van der Waals surface area contributed by atoms with E-state index < -0.39 is 0 Å². The molecule has 0 saturated heterocycles. The second-order valence-corrected chi connectivity index (χ2v) is 4.30. The first-order chi connectivity index (χ1) is 8.36. The molecule has 1 aromatic carbocycles. The summed E-state index contributed by atoms with van der Waals surface area (Å²) in [5.74, 6) is -0.0511. The lowest BCUT2D eigenvalue weighted by molar-refractivity contribution is 0.103. The van der Waals surface area contributed by atoms with Gasteiger partial charge in [0.15, 0.2) is 0 Å². The van der Waals surface area contributed by atoms with E-state index in [1.165, 1.54) is 11.3 Å². The molecule has 0 atom stereocenters. The average molecular weight is 240 g/mol. The highest BCUT2D eigenvalue weighted by molar-refractivity contribution is 7.07. The maximum Gasteiger partial charge on any atom is 0.212 e. The van der Waals surface area contributed by atoms with Gasteiger partial charge in [-0.25, -0.2) is 4.98 Å². The number of fused-ring (bicyclic) bond motifs is 1. The van der Waals surface area contributed by atoms with Crippen molar-refractivity contribution in [3.8, 4) is 0 Å². The lowest BCUT2D eigenvalue weighted by Gasteiger charge is -2.02. The van der Waals surface area contributed by atoms with Crippen molar-refractivity contribution in [2.45, 2.75) is 0 Å². The van der Waals surface area contributed by atoms with Crippen LogP contribution in [0.25, 0.3) is 10.9 Å². The van der Waals surface area contributed by atoms with Crippen molar-refractivity contribution >= 4 is 28.0 Å². The number of hydrogen-bond donors (Lipinski definition) is 0. The lowest BCUT2D eigenvalue weighted by atomic mass is 10.0. The van der Waals surface area contributed by atoms with E-state index in [9.17, 15) is 4.79 Å². The Labute approximate surface area is 102 Å². The molecule has 0 spiro atoms. The van der Waals surface area contributed by atoms with Crippen LogP contribution in [0.15, 0.2) is 47.4 Å². The van der Waals surface area contributed by atoms with Crippen molar-refractivity contribution in [3.63, 3.8) is 0 Å². The highest BCUT2D eigenvalue weighted by Crippen LogP contribution is 2.19. The number of nitrogens with zero attached hydrogens (tertiary/aromatic N) is 2. The van der Waals surface area contributed by atoms with Gasteiger partial charge in [-0.3, -0.25) is 9.78 Å². The van der Waals surface area contributed by atoms with E-state index in [2.05, 4.69) is 9.97 Å². The third-order valence-corrected chi connectivity index (χ3v) is 3.14. The molecule has 0 fully saturated rings. The number of ketones is 1. The smallest absolute Gasteiger partial charge is 0.212 e. The van der Waals surface area contributed by atoms with Crippen molar-refractivity contribution in [1.29, 1.82) is 0 Å². The van der Waals surface area contributed by atoms with Crippen LogP contribution in [-0.2, 0) is 0 Å². The quantitative estimate of drug-likeness (QED) is 0.647. The fraction of sp³-hybridized carbons (Fsp3) is 0. The summed E-state index contributed by atoms with van der Waals surface area (Å²) in [5, 5.41) is 2.63. The van der Waals surface area contributed by atoms with Gasteiger partial charge in [0, 0.05) is 22.5 Å². The van der Waals surface area contributed by atoms with Crippen LogP contribution in [-0.4, -0.2) is 15.8 Å². The summed E-state index contributed by atoms with van der Waals surface area (Å²) < 4.78 is 0. The minimum absolute atomic E-state index is 0.0511. The van der Waals surface area contributed by atoms with E-state index in [1.807, 2.05) is 30.3 Å². The van der Waals surface area contributed by atoms with Crippen LogP contribution in [0.5, 0.6) is 0 Å². The maximum absolute atomic E-state index is 12.2. The zero-order chi connectivity index (χ0) is 11.7. The highest BCUT2D eigenvalue weighted by atomic mass is 32.1. The molecular weight excluding hydrogens is 232 g/mol. The number of carbonyl (C=O) groups is 1. The first-order valence-corrected chi connectivity index (χ1v) is 6.07. The molecule has 17 heavy (non-hydrogen) atoms. The Bertz CT molecular complexity index is 671. The largest absolute Gasteiger partial charge is 0.287 e. The van der Waals surface area contributed by atoms with Crippen LogP contribution in [0, 0.1) is 0 Å². The molecular formula is C13H8N2OS. The minimum atomic E-state index is -0.0511. The van der Waals surface area contributed by atoms with Crippen LogP contribution in [0.1, 0.15) is 16.1 Å². The van der Waals surface area contributed by atoms with E-state index in [1.54, 1.807) is 17.1 Å². The number of rotatable bonds is 2. The molecule has 3 rings (SSSR count). The number of aromatic nitrogens is 2. The van der Waals surface area contributed by atoms with E-state index in [-0.39, 0.29) is 5.78 Å². The molecule has 0 N–H and O–H groups in total. The van der Waals surface area contributed by atoms with Crippen molar-refractivity contribution < 1.29 is 4.79 Å². The molecule has 0 bridgehead atoms. The normalized spacial score (nSPS) is 10.6. The summed E-state index contributed by atoms with van der Waals surface area (Å²) in [4.78, 5) is 20.5. The third-order valence-electron chi connectivity index (χ3n) is 2.56. The Balaban J connectivity index is 2.21. The molecule has 0 saturated carbocycles. The van der Waals surface area contributed by atoms with Gasteiger partial charge in [-0.15, -0.1) is 11.3 Å². The number of thiazole rings is 1. The monoisotopic (exact) mass is 240 g/mol. The summed E-state index contributed by atoms with van der Waals surface area (Å²) in [7, 11) is 0. The zero-order valence-electron chi connectivity index (χ0n) is 8.83. The number of carbonyl (C=O) groups excluding carboxylic acids is 1. The molecule has 3 nitrogen and oxygen atoms in total. The van der Waals surface area contributed by atoms with E-state index in [4.69, 9.17) is 0 Å². The Morgan fingerprint density at radius 1 is 1.12 bits per heavy atom. The maximum atomic E-state index is 12.2. The van der Waals surface area contributed by atoms with E-state index >= 15 is 0 Å². The molecule has 0 aliphatic rings. The van der Waals surface area contributed by atoms with Crippen LogP contribution in [0.2, 0.25) is 0 Å². The highest BCUT2D eigenvalue weighted by Gasteiger charge is 2.13. The SMILES string of the molecule is O=C(c1cscn1)c1cccc2ncccc12. The molecule has 0 amide bonds. The van der Waals surface area contributed by atoms with Crippen molar-refractivity contribution in [2.75, 3.05) is 0 Å². The van der Waals surface area contributed by atoms with Gasteiger partial charge in [-0.1, -0.05) is 18.2 Å². The Morgan fingerprint density at radius 2 is 2.06 bits per heavy atom. The Morgan fingerprint density at radius 3 is 2.88 bits per heavy atom. The van der Waals surface area contributed by atoms with Gasteiger partial charge >= 0.3 is 0 Å². The van der Waals surface area contributed by atoms with Crippen LogP contribution in [0.3, 0.4) is 0 Å². The standard InChI is InChI=1S/C13H8N2OS/c16-13(12-7-17-8-15-12)10-3-1-5-11-9(10)4-2-6-14-11/h1-8H. The van der Waals surface area contributed by atoms with Gasteiger partial charge in [0.25, 0.3) is 0 Å². The summed E-state index contributed by atoms with van der Waals surface area (Å²) >= 11 is 1.42. The second-order valence-electron chi connectivity index (χ2n) is 3.58. The number of pyridine rings is 1. The van der Waals surface area contributed by atoms with Gasteiger partial charge in [0.2, 0.25) is 5.78 Å². The molecule has 3 aromatic rings. The Hall–Kier alpha value is -2.07. The van der Waals surface area contributed by atoms with Crippen LogP contribution < -0.4 is 0 Å². The predicted molar refractivity (Wildman–Crippen MR) is 67.3 cm³/mol. The summed E-state index contributed by atoms with van der Waals surface area (Å²) in [6, 6.07) is 9.29. The third kappa shape index (κ3) is 1.72. The summed E-state index contributed by atoms with van der Waals surface area (Å²) in [5.41, 5.74) is 3.64. The van der Waals surface area contributed by atoms with Gasteiger partial charge in [0.05, 0.1) is 11.0 Å². The topological polar surface area (TPSA) is 42.9 Å². The fourth-order valence-electron chi connectivity index (χ4n) is 1.76. The van der Waals surface area contributed by atoms with Gasteiger partial charge in [-0.05, 0) is 12.1 Å².